The van der Waals surface area contributed by atoms with E-state index in [2.05, 4.69) is 0 Å². The van der Waals surface area contributed by atoms with Gasteiger partial charge in [-0.2, -0.15) is 0 Å². The summed E-state index contributed by atoms with van der Waals surface area (Å²) in [7, 11) is 0. The lowest BCUT2D eigenvalue weighted by molar-refractivity contribution is -0.380. The van der Waals surface area contributed by atoms with Crippen molar-refractivity contribution < 1.29 is 9.72 Å². The van der Waals surface area contributed by atoms with Crippen LogP contribution in [0.4, 0.5) is 5.00 Å². The monoisotopic (exact) mass is 315 g/mol. The van der Waals surface area contributed by atoms with E-state index in [4.69, 9.17) is 23.2 Å². The van der Waals surface area contributed by atoms with Gasteiger partial charge in [0.15, 0.2) is 5.78 Å². The van der Waals surface area contributed by atoms with Crippen molar-refractivity contribution >= 4 is 45.3 Å². The van der Waals surface area contributed by atoms with E-state index in [1.165, 1.54) is 12.1 Å². The lowest BCUT2D eigenvalue weighted by Crippen LogP contribution is -2.00. The first kappa shape index (κ1) is 14.0. The van der Waals surface area contributed by atoms with Crippen LogP contribution in [-0.4, -0.2) is 10.7 Å². The largest absolute Gasteiger partial charge is 0.324 e. The predicted molar refractivity (Wildman–Crippen MR) is 75.5 cm³/mol. The van der Waals surface area contributed by atoms with Gasteiger partial charge in [0.1, 0.15) is 0 Å². The molecule has 0 amide bonds. The Morgan fingerprint density at radius 3 is 2.53 bits per heavy atom. The Balaban J connectivity index is 2.15. The van der Waals surface area contributed by atoms with Crippen LogP contribution in [0.5, 0.6) is 0 Å². The van der Waals surface area contributed by atoms with Crippen molar-refractivity contribution in [1.82, 2.24) is 0 Å². The maximum atomic E-state index is 12.0. The number of nitro groups is 1. The second kappa shape index (κ2) is 5.69. The van der Waals surface area contributed by atoms with Crippen LogP contribution in [0.3, 0.4) is 0 Å². The number of halogens is 2. The SMILES string of the molecule is O=C(Cc1ccc(Cl)c(Cl)c1)c1ccc([N+](=O)[O-])s1. The molecule has 2 aromatic rings. The minimum atomic E-state index is -0.513. The first-order valence-corrected chi connectivity index (χ1v) is 6.76. The van der Waals surface area contributed by atoms with Crippen LogP contribution in [0.1, 0.15) is 15.2 Å². The fourth-order valence-electron chi connectivity index (χ4n) is 1.50. The smallest absolute Gasteiger partial charge is 0.293 e. The summed E-state index contributed by atoms with van der Waals surface area (Å²) in [4.78, 5) is 22.4. The van der Waals surface area contributed by atoms with Gasteiger partial charge >= 0.3 is 5.00 Å². The summed E-state index contributed by atoms with van der Waals surface area (Å²) >= 11 is 12.5. The molecule has 0 radical (unpaired) electrons. The van der Waals surface area contributed by atoms with Crippen molar-refractivity contribution in [1.29, 1.82) is 0 Å². The molecule has 19 heavy (non-hydrogen) atoms. The molecule has 0 bridgehead atoms. The fourth-order valence-corrected chi connectivity index (χ4v) is 2.58. The Bertz CT molecular complexity index is 654. The molecule has 0 aliphatic heterocycles. The topological polar surface area (TPSA) is 60.2 Å². The van der Waals surface area contributed by atoms with E-state index < -0.39 is 4.92 Å². The van der Waals surface area contributed by atoms with Crippen LogP contribution in [0.2, 0.25) is 10.0 Å². The molecule has 0 aliphatic rings. The van der Waals surface area contributed by atoms with Crippen LogP contribution >= 0.6 is 34.5 Å². The molecule has 0 aliphatic carbocycles. The number of carbonyl (C=O) groups excluding carboxylic acids is 1. The van der Waals surface area contributed by atoms with Crippen molar-refractivity contribution in [2.24, 2.45) is 0 Å². The maximum Gasteiger partial charge on any atom is 0.324 e. The second-order valence-electron chi connectivity index (χ2n) is 3.74. The lowest BCUT2D eigenvalue weighted by atomic mass is 10.1. The van der Waals surface area contributed by atoms with Gasteiger partial charge in [-0.25, -0.2) is 0 Å². The van der Waals surface area contributed by atoms with E-state index in [9.17, 15) is 14.9 Å². The van der Waals surface area contributed by atoms with Crippen molar-refractivity contribution in [2.45, 2.75) is 6.42 Å². The van der Waals surface area contributed by atoms with Crippen molar-refractivity contribution in [3.8, 4) is 0 Å². The third kappa shape index (κ3) is 3.32. The molecule has 0 spiro atoms. The molecule has 2 rings (SSSR count). The van der Waals surface area contributed by atoms with Gasteiger partial charge in [-0.15, -0.1) is 0 Å². The number of hydrogen-bond acceptors (Lipinski definition) is 4. The van der Waals surface area contributed by atoms with Gasteiger partial charge in [0.25, 0.3) is 0 Å². The van der Waals surface area contributed by atoms with E-state index in [0.717, 1.165) is 16.9 Å². The zero-order valence-corrected chi connectivity index (χ0v) is 11.8. The summed E-state index contributed by atoms with van der Waals surface area (Å²) in [5, 5.41) is 11.3. The molecule has 98 valence electrons. The highest BCUT2D eigenvalue weighted by Gasteiger charge is 2.15. The highest BCUT2D eigenvalue weighted by atomic mass is 35.5. The number of carbonyl (C=O) groups is 1. The first-order valence-electron chi connectivity index (χ1n) is 5.18. The third-order valence-electron chi connectivity index (χ3n) is 2.40. The van der Waals surface area contributed by atoms with Crippen LogP contribution in [0.25, 0.3) is 0 Å². The number of nitrogens with zero attached hydrogens (tertiary/aromatic N) is 1. The summed E-state index contributed by atoms with van der Waals surface area (Å²) in [5.74, 6) is -0.184. The quantitative estimate of drug-likeness (QED) is 0.477. The molecule has 0 atom stereocenters. The minimum Gasteiger partial charge on any atom is -0.293 e. The highest BCUT2D eigenvalue weighted by molar-refractivity contribution is 7.17. The minimum absolute atomic E-state index is 0.0440. The zero-order chi connectivity index (χ0) is 14.0. The van der Waals surface area contributed by atoms with E-state index in [0.29, 0.717) is 14.9 Å². The highest BCUT2D eigenvalue weighted by Crippen LogP contribution is 2.26. The van der Waals surface area contributed by atoms with Crippen molar-refractivity contribution in [3.05, 3.63) is 60.9 Å². The Hall–Kier alpha value is -1.43. The molecule has 0 fully saturated rings. The van der Waals surface area contributed by atoms with E-state index >= 15 is 0 Å². The van der Waals surface area contributed by atoms with Gasteiger partial charge in [-0.05, 0) is 23.8 Å². The summed E-state index contributed by atoms with van der Waals surface area (Å²) in [6.07, 6.45) is 0.133. The van der Waals surface area contributed by atoms with Gasteiger partial charge in [0.2, 0.25) is 0 Å². The average Bonchev–Trinajstić information content (AvgIpc) is 2.83. The number of thiophene rings is 1. The molecule has 0 saturated heterocycles. The molecule has 1 aromatic carbocycles. The van der Waals surface area contributed by atoms with Gasteiger partial charge in [-0.1, -0.05) is 40.6 Å². The molecule has 0 unspecified atom stereocenters. The molecule has 1 heterocycles. The maximum absolute atomic E-state index is 12.0. The Kier molecular flexibility index (Phi) is 4.19. The van der Waals surface area contributed by atoms with Crippen LogP contribution in [-0.2, 0) is 6.42 Å². The van der Waals surface area contributed by atoms with E-state index in [-0.39, 0.29) is 17.2 Å². The third-order valence-corrected chi connectivity index (χ3v) is 4.21. The van der Waals surface area contributed by atoms with Crippen LogP contribution < -0.4 is 0 Å². The molecular formula is C12H7Cl2NO3S. The Labute approximate surface area is 122 Å². The molecule has 0 saturated carbocycles. The van der Waals surface area contributed by atoms with Gasteiger partial charge < -0.3 is 0 Å². The van der Waals surface area contributed by atoms with Crippen LogP contribution in [0, 0.1) is 10.1 Å². The Morgan fingerprint density at radius 2 is 1.95 bits per heavy atom. The summed E-state index contributed by atoms with van der Waals surface area (Å²) in [6.45, 7) is 0. The molecule has 0 N–H and O–H groups in total. The average molecular weight is 316 g/mol. The lowest BCUT2D eigenvalue weighted by Gasteiger charge is -2.01. The summed E-state index contributed by atoms with van der Waals surface area (Å²) in [5.41, 5.74) is 0.718. The summed E-state index contributed by atoms with van der Waals surface area (Å²) < 4.78 is 0. The molecular weight excluding hydrogens is 309 g/mol. The van der Waals surface area contributed by atoms with Crippen LogP contribution in [0.15, 0.2) is 30.3 Å². The first-order chi connectivity index (χ1) is 8.97. The molecule has 1 aromatic heterocycles. The molecule has 4 nitrogen and oxygen atoms in total. The number of benzene rings is 1. The molecule has 7 heteroatoms. The number of ketones is 1. The van der Waals surface area contributed by atoms with Crippen molar-refractivity contribution in [2.75, 3.05) is 0 Å². The van der Waals surface area contributed by atoms with Gasteiger partial charge in [-0.3, -0.25) is 14.9 Å². The second-order valence-corrected chi connectivity index (χ2v) is 5.62. The number of rotatable bonds is 4. The summed E-state index contributed by atoms with van der Waals surface area (Å²) in [6, 6.07) is 7.72. The Morgan fingerprint density at radius 1 is 1.21 bits per heavy atom. The standard InChI is InChI=1S/C12H7Cl2NO3S/c13-8-2-1-7(5-9(8)14)6-10(16)11-3-4-12(19-11)15(17)18/h1-5H,6H2. The predicted octanol–water partition coefficient (Wildman–Crippen LogP) is 4.39. The van der Waals surface area contributed by atoms with Gasteiger partial charge in [0, 0.05) is 12.5 Å². The zero-order valence-electron chi connectivity index (χ0n) is 9.43. The fraction of sp³-hybridized carbons (Fsp3) is 0.0833. The van der Waals surface area contributed by atoms with Crippen molar-refractivity contribution in [3.63, 3.8) is 0 Å². The van der Waals surface area contributed by atoms with Gasteiger partial charge in [0.05, 0.1) is 19.8 Å². The van der Waals surface area contributed by atoms with E-state index in [1.807, 2.05) is 0 Å². The van der Waals surface area contributed by atoms with E-state index in [1.54, 1.807) is 18.2 Å². The number of hydrogen-bond donors (Lipinski definition) is 0. The normalized spacial score (nSPS) is 10.4. The number of Topliss-reactive ketones (excluding diaryl/α,β-unsaturated/α-hetero) is 1.